The fourth-order valence-corrected chi connectivity index (χ4v) is 2.83. The van der Waals surface area contributed by atoms with Gasteiger partial charge >= 0.3 is 0 Å². The minimum Gasteiger partial charge on any atom is -0.342 e. The van der Waals surface area contributed by atoms with Crippen LogP contribution >= 0.6 is 0 Å². The molecule has 23 heavy (non-hydrogen) atoms. The number of nitrogens with zero attached hydrogens (tertiary/aromatic N) is 2. The maximum absolute atomic E-state index is 13.4. The molecule has 6 heteroatoms. The molecule has 4 nitrogen and oxygen atoms in total. The number of hydrogen-bond donors (Lipinski definition) is 1. The fourth-order valence-electron chi connectivity index (χ4n) is 2.83. The molecule has 1 amide bonds. The molecule has 0 radical (unpaired) electrons. The van der Waals surface area contributed by atoms with Gasteiger partial charge in [-0.05, 0) is 43.9 Å². The van der Waals surface area contributed by atoms with Gasteiger partial charge in [-0.1, -0.05) is 6.92 Å². The minimum absolute atomic E-state index is 0.257. The summed E-state index contributed by atoms with van der Waals surface area (Å²) in [5.74, 6) is -1.52. The Morgan fingerprint density at radius 1 is 1.30 bits per heavy atom. The highest BCUT2D eigenvalue weighted by molar-refractivity contribution is 5.95. The number of aromatic nitrogens is 2. The highest BCUT2D eigenvalue weighted by atomic mass is 19.1. The van der Waals surface area contributed by atoms with E-state index in [0.29, 0.717) is 24.0 Å². The second-order valence-electron chi connectivity index (χ2n) is 6.06. The number of hydrogen-bond acceptors (Lipinski definition) is 2. The molecule has 3 rings (SSSR count). The zero-order chi connectivity index (χ0) is 16.6. The van der Waals surface area contributed by atoms with E-state index in [0.717, 1.165) is 24.7 Å². The second-order valence-corrected chi connectivity index (χ2v) is 6.06. The molecule has 2 aromatic rings. The SMILES string of the molecule is CCCn1ncc(C(=O)NC2(c3cc(F)cc(F)c3)CC2)c1C. The van der Waals surface area contributed by atoms with Crippen LogP contribution in [0.3, 0.4) is 0 Å². The van der Waals surface area contributed by atoms with Crippen LogP contribution in [0, 0.1) is 18.6 Å². The predicted octanol–water partition coefficient (Wildman–Crippen LogP) is 3.30. The van der Waals surface area contributed by atoms with E-state index in [2.05, 4.69) is 10.4 Å². The van der Waals surface area contributed by atoms with Gasteiger partial charge in [0.1, 0.15) is 11.6 Å². The average molecular weight is 319 g/mol. The molecule has 0 bridgehead atoms. The summed E-state index contributed by atoms with van der Waals surface area (Å²) in [6.45, 7) is 4.64. The van der Waals surface area contributed by atoms with Crippen molar-refractivity contribution in [1.29, 1.82) is 0 Å². The molecule has 0 aliphatic heterocycles. The van der Waals surface area contributed by atoms with Crippen molar-refractivity contribution in [1.82, 2.24) is 15.1 Å². The van der Waals surface area contributed by atoms with Crippen molar-refractivity contribution < 1.29 is 13.6 Å². The lowest BCUT2D eigenvalue weighted by Gasteiger charge is -2.18. The van der Waals surface area contributed by atoms with E-state index in [1.165, 1.54) is 12.1 Å². The highest BCUT2D eigenvalue weighted by Crippen LogP contribution is 2.46. The summed E-state index contributed by atoms with van der Waals surface area (Å²) < 4.78 is 28.7. The van der Waals surface area contributed by atoms with Gasteiger partial charge in [-0.3, -0.25) is 9.48 Å². The number of carbonyl (C=O) groups is 1. The Hall–Kier alpha value is -2.24. The van der Waals surface area contributed by atoms with Crippen molar-refractivity contribution in [2.45, 2.75) is 45.2 Å². The molecule has 1 heterocycles. The zero-order valence-corrected chi connectivity index (χ0v) is 13.2. The Morgan fingerprint density at radius 2 is 1.96 bits per heavy atom. The van der Waals surface area contributed by atoms with Crippen LogP contribution < -0.4 is 5.32 Å². The summed E-state index contributed by atoms with van der Waals surface area (Å²) in [5.41, 5.74) is 1.10. The first-order valence-corrected chi connectivity index (χ1v) is 7.77. The maximum atomic E-state index is 13.4. The van der Waals surface area contributed by atoms with E-state index in [1.807, 2.05) is 13.8 Å². The quantitative estimate of drug-likeness (QED) is 0.919. The number of benzene rings is 1. The van der Waals surface area contributed by atoms with Crippen molar-refractivity contribution in [3.63, 3.8) is 0 Å². The number of amides is 1. The van der Waals surface area contributed by atoms with Gasteiger partial charge in [-0.25, -0.2) is 8.78 Å². The van der Waals surface area contributed by atoms with Crippen molar-refractivity contribution in [2.75, 3.05) is 0 Å². The van der Waals surface area contributed by atoms with Crippen LogP contribution in [0.2, 0.25) is 0 Å². The second kappa shape index (κ2) is 5.76. The molecule has 1 N–H and O–H groups in total. The number of halogens is 2. The summed E-state index contributed by atoms with van der Waals surface area (Å²) >= 11 is 0. The summed E-state index contributed by atoms with van der Waals surface area (Å²) in [7, 11) is 0. The first kappa shape index (κ1) is 15.6. The van der Waals surface area contributed by atoms with Crippen LogP contribution in [0.5, 0.6) is 0 Å². The van der Waals surface area contributed by atoms with Gasteiger partial charge in [0.2, 0.25) is 0 Å². The molecule has 1 aromatic heterocycles. The van der Waals surface area contributed by atoms with Gasteiger partial charge in [-0.15, -0.1) is 0 Å². The predicted molar refractivity (Wildman–Crippen MR) is 82.0 cm³/mol. The summed E-state index contributed by atoms with van der Waals surface area (Å²) in [6, 6.07) is 3.40. The number of aryl methyl sites for hydroxylation is 1. The average Bonchev–Trinajstić information content (AvgIpc) is 3.17. The van der Waals surface area contributed by atoms with Gasteiger partial charge in [0.25, 0.3) is 5.91 Å². The Balaban J connectivity index is 1.82. The largest absolute Gasteiger partial charge is 0.342 e. The minimum atomic E-state index is -0.667. The van der Waals surface area contributed by atoms with Crippen LogP contribution in [0.15, 0.2) is 24.4 Å². The lowest BCUT2D eigenvalue weighted by Crippen LogP contribution is -2.35. The number of carbonyl (C=O) groups excluding carboxylic acids is 1. The van der Waals surface area contributed by atoms with Crippen molar-refractivity contribution in [2.24, 2.45) is 0 Å². The van der Waals surface area contributed by atoms with Gasteiger partial charge in [0, 0.05) is 18.3 Å². The van der Waals surface area contributed by atoms with Gasteiger partial charge in [0.05, 0.1) is 17.3 Å². The Labute approximate surface area is 133 Å². The number of nitrogens with one attached hydrogen (secondary N) is 1. The maximum Gasteiger partial charge on any atom is 0.255 e. The topological polar surface area (TPSA) is 46.9 Å². The summed E-state index contributed by atoms with van der Waals surface area (Å²) in [4.78, 5) is 12.5. The molecular formula is C17H19F2N3O. The van der Waals surface area contributed by atoms with E-state index in [9.17, 15) is 13.6 Å². The third-order valence-electron chi connectivity index (χ3n) is 4.30. The standard InChI is InChI=1S/C17H19F2N3O/c1-3-6-22-11(2)15(10-20-22)16(23)21-17(4-5-17)12-7-13(18)9-14(19)8-12/h7-10H,3-6H2,1-2H3,(H,21,23). The van der Waals surface area contributed by atoms with Gasteiger partial charge in [0.15, 0.2) is 0 Å². The smallest absolute Gasteiger partial charge is 0.255 e. The van der Waals surface area contributed by atoms with Crippen LogP contribution in [-0.4, -0.2) is 15.7 Å². The summed E-state index contributed by atoms with van der Waals surface area (Å²) in [6.07, 6.45) is 3.81. The van der Waals surface area contributed by atoms with E-state index in [-0.39, 0.29) is 5.91 Å². The molecule has 1 aliphatic carbocycles. The first-order valence-electron chi connectivity index (χ1n) is 7.77. The number of rotatable bonds is 5. The zero-order valence-electron chi connectivity index (χ0n) is 13.2. The van der Waals surface area contributed by atoms with E-state index >= 15 is 0 Å². The molecule has 0 spiro atoms. The van der Waals surface area contributed by atoms with Crippen LogP contribution in [0.1, 0.15) is 47.8 Å². The van der Waals surface area contributed by atoms with Crippen LogP contribution in [0.4, 0.5) is 8.78 Å². The Kier molecular flexibility index (Phi) is 3.92. The molecule has 1 saturated carbocycles. The van der Waals surface area contributed by atoms with Crippen molar-refractivity contribution in [3.8, 4) is 0 Å². The summed E-state index contributed by atoms with van der Waals surface area (Å²) in [5, 5.41) is 7.14. The molecule has 1 fully saturated rings. The monoisotopic (exact) mass is 319 g/mol. The molecule has 0 atom stereocenters. The first-order chi connectivity index (χ1) is 10.9. The highest BCUT2D eigenvalue weighted by Gasteiger charge is 2.46. The Bertz CT molecular complexity index is 730. The van der Waals surface area contributed by atoms with Crippen LogP contribution in [0.25, 0.3) is 0 Å². The van der Waals surface area contributed by atoms with Crippen molar-refractivity contribution >= 4 is 5.91 Å². The van der Waals surface area contributed by atoms with Gasteiger partial charge < -0.3 is 5.32 Å². The fraction of sp³-hybridized carbons (Fsp3) is 0.412. The van der Waals surface area contributed by atoms with E-state index in [4.69, 9.17) is 0 Å². The van der Waals surface area contributed by atoms with Crippen LogP contribution in [-0.2, 0) is 12.1 Å². The molecule has 1 aliphatic rings. The van der Waals surface area contributed by atoms with E-state index in [1.54, 1.807) is 10.9 Å². The Morgan fingerprint density at radius 3 is 2.52 bits per heavy atom. The molecule has 1 aromatic carbocycles. The van der Waals surface area contributed by atoms with Crippen molar-refractivity contribution in [3.05, 3.63) is 52.9 Å². The molecular weight excluding hydrogens is 300 g/mol. The third-order valence-corrected chi connectivity index (χ3v) is 4.30. The van der Waals surface area contributed by atoms with Gasteiger partial charge in [-0.2, -0.15) is 5.10 Å². The molecule has 0 unspecified atom stereocenters. The normalized spacial score (nSPS) is 15.5. The molecule has 122 valence electrons. The van der Waals surface area contributed by atoms with E-state index < -0.39 is 17.2 Å². The lowest BCUT2D eigenvalue weighted by molar-refractivity contribution is 0.0930. The third kappa shape index (κ3) is 2.98. The lowest BCUT2D eigenvalue weighted by atomic mass is 10.0. The molecule has 0 saturated heterocycles.